The van der Waals surface area contributed by atoms with Gasteiger partial charge in [-0.15, -0.1) is 0 Å². The van der Waals surface area contributed by atoms with Gasteiger partial charge in [0.25, 0.3) is 0 Å². The first-order valence-electron chi connectivity index (χ1n) is 7.33. The Balaban J connectivity index is 2.16. The van der Waals surface area contributed by atoms with Gasteiger partial charge in [0, 0.05) is 36.1 Å². The summed E-state index contributed by atoms with van der Waals surface area (Å²) in [6, 6.07) is 11.0. The summed E-state index contributed by atoms with van der Waals surface area (Å²) in [6.45, 7) is 2.36. The van der Waals surface area contributed by atoms with Gasteiger partial charge in [-0.05, 0) is 42.3 Å². The average molecular weight is 331 g/mol. The van der Waals surface area contributed by atoms with Crippen molar-refractivity contribution in [1.82, 2.24) is 9.88 Å². The van der Waals surface area contributed by atoms with Crippen LogP contribution in [0.4, 0.5) is 0 Å². The minimum Gasteiger partial charge on any atom is -0.395 e. The summed E-state index contributed by atoms with van der Waals surface area (Å²) in [5.41, 5.74) is 2.38. The fraction of sp³-hybridized carbons (Fsp3) is 0.222. The SMILES string of the molecule is C/C(=C/c1cccc(Cl)c1)C(=O)N(CCO)Cc1cccnc1. The maximum atomic E-state index is 12.6. The van der Waals surface area contributed by atoms with Crippen LogP contribution in [-0.2, 0) is 11.3 Å². The van der Waals surface area contributed by atoms with Crippen LogP contribution in [-0.4, -0.2) is 34.0 Å². The maximum absolute atomic E-state index is 12.6. The van der Waals surface area contributed by atoms with Gasteiger partial charge in [-0.3, -0.25) is 9.78 Å². The summed E-state index contributed by atoms with van der Waals surface area (Å²) in [4.78, 5) is 18.3. The highest BCUT2D eigenvalue weighted by molar-refractivity contribution is 6.30. The Morgan fingerprint density at radius 2 is 2.17 bits per heavy atom. The molecule has 0 unspecified atom stereocenters. The zero-order valence-electron chi connectivity index (χ0n) is 12.9. The summed E-state index contributed by atoms with van der Waals surface area (Å²) in [5.74, 6) is -0.122. The van der Waals surface area contributed by atoms with Crippen LogP contribution in [0.1, 0.15) is 18.1 Å². The number of aliphatic hydroxyl groups is 1. The second-order valence-electron chi connectivity index (χ2n) is 5.19. The van der Waals surface area contributed by atoms with Gasteiger partial charge in [0.05, 0.1) is 6.61 Å². The molecule has 0 aliphatic rings. The number of rotatable bonds is 6. The van der Waals surface area contributed by atoms with E-state index in [4.69, 9.17) is 11.6 Å². The lowest BCUT2D eigenvalue weighted by Gasteiger charge is -2.22. The predicted molar refractivity (Wildman–Crippen MR) is 91.8 cm³/mol. The van der Waals surface area contributed by atoms with Crippen molar-refractivity contribution in [2.24, 2.45) is 0 Å². The van der Waals surface area contributed by atoms with Gasteiger partial charge in [0.2, 0.25) is 5.91 Å². The molecule has 23 heavy (non-hydrogen) atoms. The van der Waals surface area contributed by atoms with E-state index in [2.05, 4.69) is 4.98 Å². The number of aliphatic hydroxyl groups excluding tert-OH is 1. The number of pyridine rings is 1. The third-order valence-electron chi connectivity index (χ3n) is 3.32. The molecule has 1 amide bonds. The highest BCUT2D eigenvalue weighted by Crippen LogP contribution is 2.15. The van der Waals surface area contributed by atoms with Crippen molar-refractivity contribution >= 4 is 23.6 Å². The van der Waals surface area contributed by atoms with Gasteiger partial charge in [0.1, 0.15) is 0 Å². The van der Waals surface area contributed by atoms with E-state index < -0.39 is 0 Å². The number of carbonyl (C=O) groups excluding carboxylic acids is 1. The quantitative estimate of drug-likeness (QED) is 0.828. The molecule has 5 heteroatoms. The molecule has 0 saturated heterocycles. The normalized spacial score (nSPS) is 11.3. The Kier molecular flexibility index (Phi) is 6.32. The number of benzene rings is 1. The van der Waals surface area contributed by atoms with Gasteiger partial charge < -0.3 is 10.0 Å². The third kappa shape index (κ3) is 5.20. The molecule has 0 radical (unpaired) electrons. The van der Waals surface area contributed by atoms with E-state index in [0.29, 0.717) is 17.1 Å². The van der Waals surface area contributed by atoms with Crippen molar-refractivity contribution in [3.8, 4) is 0 Å². The molecule has 0 aliphatic carbocycles. The third-order valence-corrected chi connectivity index (χ3v) is 3.56. The lowest BCUT2D eigenvalue weighted by atomic mass is 10.1. The number of nitrogens with zero attached hydrogens (tertiary/aromatic N) is 2. The van der Waals surface area contributed by atoms with Gasteiger partial charge in [-0.2, -0.15) is 0 Å². The first kappa shape index (κ1) is 17.2. The molecule has 1 N–H and O–H groups in total. The van der Waals surface area contributed by atoms with E-state index >= 15 is 0 Å². The molecule has 120 valence electrons. The Morgan fingerprint density at radius 3 is 2.83 bits per heavy atom. The molecule has 0 bridgehead atoms. The van der Waals surface area contributed by atoms with Gasteiger partial charge in [0.15, 0.2) is 0 Å². The summed E-state index contributed by atoms with van der Waals surface area (Å²) in [6.07, 6.45) is 5.20. The molecule has 0 fully saturated rings. The summed E-state index contributed by atoms with van der Waals surface area (Å²) in [7, 11) is 0. The predicted octanol–water partition coefficient (Wildman–Crippen LogP) is 3.16. The van der Waals surface area contributed by atoms with Gasteiger partial charge in [-0.1, -0.05) is 29.8 Å². The number of hydrogen-bond donors (Lipinski definition) is 1. The molecule has 2 rings (SSSR count). The summed E-state index contributed by atoms with van der Waals surface area (Å²) >= 11 is 5.96. The first-order valence-corrected chi connectivity index (χ1v) is 7.71. The zero-order valence-corrected chi connectivity index (χ0v) is 13.7. The topological polar surface area (TPSA) is 53.4 Å². The molecule has 2 aromatic rings. The molecule has 0 spiro atoms. The molecule has 1 heterocycles. The van der Waals surface area contributed by atoms with Crippen LogP contribution >= 0.6 is 11.6 Å². The smallest absolute Gasteiger partial charge is 0.249 e. The number of hydrogen-bond acceptors (Lipinski definition) is 3. The Morgan fingerprint density at radius 1 is 1.35 bits per heavy atom. The highest BCUT2D eigenvalue weighted by atomic mass is 35.5. The molecule has 0 aliphatic heterocycles. The van der Waals surface area contributed by atoms with Crippen LogP contribution in [0, 0.1) is 0 Å². The number of amides is 1. The monoisotopic (exact) mass is 330 g/mol. The highest BCUT2D eigenvalue weighted by Gasteiger charge is 2.15. The van der Waals surface area contributed by atoms with E-state index in [9.17, 15) is 9.90 Å². The fourth-order valence-corrected chi connectivity index (χ4v) is 2.44. The van der Waals surface area contributed by atoms with Crippen LogP contribution in [0.3, 0.4) is 0 Å². The van der Waals surface area contributed by atoms with Crippen molar-refractivity contribution in [1.29, 1.82) is 0 Å². The lowest BCUT2D eigenvalue weighted by Crippen LogP contribution is -2.33. The van der Waals surface area contributed by atoms with Crippen LogP contribution in [0.15, 0.2) is 54.4 Å². The van der Waals surface area contributed by atoms with Crippen LogP contribution < -0.4 is 0 Å². The van der Waals surface area contributed by atoms with Crippen molar-refractivity contribution in [3.63, 3.8) is 0 Å². The van der Waals surface area contributed by atoms with E-state index in [1.165, 1.54) is 0 Å². The zero-order chi connectivity index (χ0) is 16.7. The molecular weight excluding hydrogens is 312 g/mol. The van der Waals surface area contributed by atoms with Crippen molar-refractivity contribution in [2.45, 2.75) is 13.5 Å². The van der Waals surface area contributed by atoms with Gasteiger partial charge in [-0.25, -0.2) is 0 Å². The first-order chi connectivity index (χ1) is 11.1. The van der Waals surface area contributed by atoms with Crippen LogP contribution in [0.25, 0.3) is 6.08 Å². The standard InChI is InChI=1S/C18H19ClN2O2/c1-14(10-15-4-2-6-17(19)11-15)18(23)21(8-9-22)13-16-5-3-7-20-12-16/h2-7,10-12,22H,8-9,13H2,1H3/b14-10-. The van der Waals surface area contributed by atoms with E-state index in [1.807, 2.05) is 24.3 Å². The Bertz CT molecular complexity index is 686. The number of halogens is 1. The minimum atomic E-state index is -0.122. The average Bonchev–Trinajstić information content (AvgIpc) is 2.55. The van der Waals surface area contributed by atoms with Gasteiger partial charge >= 0.3 is 0 Å². The van der Waals surface area contributed by atoms with E-state index in [0.717, 1.165) is 11.1 Å². The molecular formula is C18H19ClN2O2. The van der Waals surface area contributed by atoms with E-state index in [-0.39, 0.29) is 19.1 Å². The molecule has 1 aromatic carbocycles. The minimum absolute atomic E-state index is 0.0869. The molecule has 0 saturated carbocycles. The molecule has 0 atom stereocenters. The second-order valence-corrected chi connectivity index (χ2v) is 5.63. The fourth-order valence-electron chi connectivity index (χ4n) is 2.24. The second kappa shape index (κ2) is 8.46. The van der Waals surface area contributed by atoms with Crippen LogP contribution in [0.2, 0.25) is 5.02 Å². The van der Waals surface area contributed by atoms with Crippen molar-refractivity contribution < 1.29 is 9.90 Å². The van der Waals surface area contributed by atoms with Crippen molar-refractivity contribution in [3.05, 3.63) is 70.5 Å². The maximum Gasteiger partial charge on any atom is 0.249 e. The lowest BCUT2D eigenvalue weighted by molar-refractivity contribution is -0.128. The summed E-state index contributed by atoms with van der Waals surface area (Å²) < 4.78 is 0. The number of carbonyl (C=O) groups is 1. The number of aromatic nitrogens is 1. The molecule has 1 aromatic heterocycles. The van der Waals surface area contributed by atoms with Crippen LogP contribution in [0.5, 0.6) is 0 Å². The Hall–Kier alpha value is -2.17. The van der Waals surface area contributed by atoms with Crippen molar-refractivity contribution in [2.75, 3.05) is 13.2 Å². The largest absolute Gasteiger partial charge is 0.395 e. The van der Waals surface area contributed by atoms with E-state index in [1.54, 1.807) is 42.4 Å². The summed E-state index contributed by atoms with van der Waals surface area (Å²) in [5, 5.41) is 9.85. The Labute approximate surface area is 141 Å². The molecule has 4 nitrogen and oxygen atoms in total.